The van der Waals surface area contributed by atoms with Crippen molar-refractivity contribution in [3.8, 4) is 0 Å². The number of hydrogen-bond donors (Lipinski definition) is 2. The van der Waals surface area contributed by atoms with Crippen LogP contribution < -0.4 is 11.5 Å². The summed E-state index contributed by atoms with van der Waals surface area (Å²) in [5.41, 5.74) is 11.9. The Balaban J connectivity index is 3.94. The van der Waals surface area contributed by atoms with Gasteiger partial charge in [-0.2, -0.15) is 0 Å². The number of nitrogens with two attached hydrogens (primary N) is 2. The topological polar surface area (TPSA) is 52.0 Å². The lowest BCUT2D eigenvalue weighted by atomic mass is 9.89. The molecule has 2 unspecified atom stereocenters. The molecule has 0 bridgehead atoms. The van der Waals surface area contributed by atoms with E-state index in [1.54, 1.807) is 0 Å². The van der Waals surface area contributed by atoms with Crippen LogP contribution in [0.25, 0.3) is 0 Å². The first kappa shape index (κ1) is 15.7. The van der Waals surface area contributed by atoms with Crippen molar-refractivity contribution < 1.29 is 0 Å². The van der Waals surface area contributed by atoms with E-state index in [1.807, 2.05) is 6.92 Å². The largest absolute Gasteiger partial charge is 0.328 e. The smallest absolute Gasteiger partial charge is 0.0337 e. The summed E-state index contributed by atoms with van der Waals surface area (Å²) >= 11 is 0. The summed E-state index contributed by atoms with van der Waals surface area (Å²) in [6, 6.07) is 0.253. The van der Waals surface area contributed by atoms with Crippen molar-refractivity contribution in [1.82, 2.24) is 0 Å². The second kappa shape index (κ2) is 8.77. The lowest BCUT2D eigenvalue weighted by molar-refractivity contribution is 0.433. The van der Waals surface area contributed by atoms with Crippen LogP contribution in [-0.4, -0.2) is 11.6 Å². The molecule has 0 radical (unpaired) electrons. The van der Waals surface area contributed by atoms with Crippen LogP contribution in [0.1, 0.15) is 65.7 Å². The quantitative estimate of drug-likeness (QED) is 0.468. The average Bonchev–Trinajstić information content (AvgIpc) is 2.26. The zero-order valence-electron chi connectivity index (χ0n) is 11.3. The van der Waals surface area contributed by atoms with Gasteiger partial charge in [0.05, 0.1) is 0 Å². The van der Waals surface area contributed by atoms with E-state index in [4.69, 9.17) is 11.5 Å². The molecule has 0 fully saturated rings. The standard InChI is InChI=1S/C14H30N2/c1-4-6-7-8-9-11-14(16,5-2)12-10-13(3)15/h9,11,13H,4-8,10,12,15-16H2,1-3H3. The van der Waals surface area contributed by atoms with E-state index in [9.17, 15) is 0 Å². The summed E-state index contributed by atoms with van der Waals surface area (Å²) in [5, 5.41) is 0. The van der Waals surface area contributed by atoms with E-state index < -0.39 is 0 Å². The van der Waals surface area contributed by atoms with Crippen LogP contribution in [0.4, 0.5) is 0 Å². The molecular weight excluding hydrogens is 196 g/mol. The van der Waals surface area contributed by atoms with Crippen molar-refractivity contribution in [2.24, 2.45) is 11.5 Å². The van der Waals surface area contributed by atoms with E-state index in [-0.39, 0.29) is 11.6 Å². The molecule has 0 aromatic rings. The predicted molar refractivity (Wildman–Crippen MR) is 73.4 cm³/mol. The summed E-state index contributed by atoms with van der Waals surface area (Å²) in [7, 11) is 0. The Morgan fingerprint density at radius 3 is 2.44 bits per heavy atom. The normalized spacial score (nSPS) is 17.6. The van der Waals surface area contributed by atoms with E-state index in [2.05, 4.69) is 26.0 Å². The van der Waals surface area contributed by atoms with Crippen LogP contribution in [-0.2, 0) is 0 Å². The van der Waals surface area contributed by atoms with Crippen LogP contribution in [0, 0.1) is 0 Å². The van der Waals surface area contributed by atoms with E-state index in [0.717, 1.165) is 25.7 Å². The van der Waals surface area contributed by atoms with E-state index >= 15 is 0 Å². The molecule has 4 N–H and O–H groups in total. The van der Waals surface area contributed by atoms with Crippen molar-refractivity contribution in [1.29, 1.82) is 0 Å². The monoisotopic (exact) mass is 226 g/mol. The van der Waals surface area contributed by atoms with Gasteiger partial charge in [-0.05, 0) is 39.0 Å². The van der Waals surface area contributed by atoms with Gasteiger partial charge in [-0.1, -0.05) is 38.8 Å². The summed E-state index contributed by atoms with van der Waals surface area (Å²) in [4.78, 5) is 0. The highest BCUT2D eigenvalue weighted by molar-refractivity contribution is 5.04. The summed E-state index contributed by atoms with van der Waals surface area (Å²) < 4.78 is 0. The molecule has 0 saturated heterocycles. The van der Waals surface area contributed by atoms with Crippen LogP contribution in [0.5, 0.6) is 0 Å². The van der Waals surface area contributed by atoms with Crippen LogP contribution in [0.3, 0.4) is 0 Å². The maximum atomic E-state index is 6.32. The Morgan fingerprint density at radius 1 is 1.25 bits per heavy atom. The number of allylic oxidation sites excluding steroid dienone is 1. The van der Waals surface area contributed by atoms with Gasteiger partial charge in [0.1, 0.15) is 0 Å². The van der Waals surface area contributed by atoms with Gasteiger partial charge in [-0.15, -0.1) is 0 Å². The van der Waals surface area contributed by atoms with Gasteiger partial charge in [0.15, 0.2) is 0 Å². The van der Waals surface area contributed by atoms with E-state index in [0.29, 0.717) is 0 Å². The average molecular weight is 226 g/mol. The third kappa shape index (κ3) is 7.89. The highest BCUT2D eigenvalue weighted by Crippen LogP contribution is 2.17. The Morgan fingerprint density at radius 2 is 1.94 bits per heavy atom. The Bertz CT molecular complexity index is 187. The van der Waals surface area contributed by atoms with Gasteiger partial charge in [-0.3, -0.25) is 0 Å². The fourth-order valence-electron chi connectivity index (χ4n) is 1.70. The molecule has 2 nitrogen and oxygen atoms in total. The summed E-state index contributed by atoms with van der Waals surface area (Å²) in [5.74, 6) is 0. The van der Waals surface area contributed by atoms with Gasteiger partial charge in [0.2, 0.25) is 0 Å². The SMILES string of the molecule is CCCCCC=CC(N)(CC)CCC(C)N. The predicted octanol–water partition coefficient (Wildman–Crippen LogP) is 3.36. The van der Waals surface area contributed by atoms with Crippen LogP contribution >= 0.6 is 0 Å². The second-order valence-electron chi connectivity index (χ2n) is 5.00. The van der Waals surface area contributed by atoms with Gasteiger partial charge in [0, 0.05) is 11.6 Å². The lowest BCUT2D eigenvalue weighted by Crippen LogP contribution is -2.38. The number of rotatable bonds is 9. The fraction of sp³-hybridized carbons (Fsp3) is 0.857. The van der Waals surface area contributed by atoms with Crippen LogP contribution in [0.15, 0.2) is 12.2 Å². The molecule has 0 aliphatic carbocycles. The molecule has 0 amide bonds. The molecule has 0 spiro atoms. The summed E-state index contributed by atoms with van der Waals surface area (Å²) in [6.07, 6.45) is 12.5. The first-order valence-electron chi connectivity index (χ1n) is 6.76. The number of unbranched alkanes of at least 4 members (excludes halogenated alkanes) is 3. The molecule has 96 valence electrons. The lowest BCUT2D eigenvalue weighted by Gasteiger charge is -2.25. The Labute approximate surface area is 101 Å². The molecule has 0 aliphatic rings. The highest BCUT2D eigenvalue weighted by Gasteiger charge is 2.18. The maximum absolute atomic E-state index is 6.32. The molecule has 0 aromatic carbocycles. The van der Waals surface area contributed by atoms with Crippen molar-refractivity contribution >= 4 is 0 Å². The second-order valence-corrected chi connectivity index (χ2v) is 5.00. The van der Waals surface area contributed by atoms with E-state index in [1.165, 1.54) is 19.3 Å². The summed E-state index contributed by atoms with van der Waals surface area (Å²) in [6.45, 7) is 6.42. The van der Waals surface area contributed by atoms with Crippen molar-refractivity contribution in [3.05, 3.63) is 12.2 Å². The molecule has 2 heteroatoms. The molecule has 0 aromatic heterocycles. The minimum Gasteiger partial charge on any atom is -0.328 e. The molecule has 2 atom stereocenters. The first-order chi connectivity index (χ1) is 7.54. The molecule has 16 heavy (non-hydrogen) atoms. The maximum Gasteiger partial charge on any atom is 0.0337 e. The van der Waals surface area contributed by atoms with Gasteiger partial charge >= 0.3 is 0 Å². The molecular formula is C14H30N2. The fourth-order valence-corrected chi connectivity index (χ4v) is 1.70. The van der Waals surface area contributed by atoms with Crippen molar-refractivity contribution in [2.45, 2.75) is 77.3 Å². The third-order valence-electron chi connectivity index (χ3n) is 3.15. The zero-order valence-corrected chi connectivity index (χ0v) is 11.3. The highest BCUT2D eigenvalue weighted by atomic mass is 14.7. The van der Waals surface area contributed by atoms with Gasteiger partial charge < -0.3 is 11.5 Å². The first-order valence-corrected chi connectivity index (χ1v) is 6.76. The molecule has 0 saturated carbocycles. The Hall–Kier alpha value is -0.340. The van der Waals surface area contributed by atoms with Crippen molar-refractivity contribution in [3.63, 3.8) is 0 Å². The van der Waals surface area contributed by atoms with Gasteiger partial charge in [-0.25, -0.2) is 0 Å². The molecule has 0 heterocycles. The zero-order chi connectivity index (χ0) is 12.4. The third-order valence-corrected chi connectivity index (χ3v) is 3.15. The number of hydrogen-bond acceptors (Lipinski definition) is 2. The molecule has 0 aliphatic heterocycles. The Kier molecular flexibility index (Phi) is 8.58. The van der Waals surface area contributed by atoms with Gasteiger partial charge in [0.25, 0.3) is 0 Å². The van der Waals surface area contributed by atoms with Crippen molar-refractivity contribution in [2.75, 3.05) is 0 Å². The minimum absolute atomic E-state index is 0.139. The minimum atomic E-state index is -0.139. The molecule has 0 rings (SSSR count). The van der Waals surface area contributed by atoms with Crippen LogP contribution in [0.2, 0.25) is 0 Å².